The van der Waals surface area contributed by atoms with Crippen LogP contribution in [-0.2, 0) is 34.5 Å². The number of thiazole rings is 1. The zero-order valence-corrected chi connectivity index (χ0v) is 18.0. The molecule has 1 atom stereocenters. The van der Waals surface area contributed by atoms with Gasteiger partial charge in [0.15, 0.2) is 11.8 Å². The van der Waals surface area contributed by atoms with E-state index in [1.807, 2.05) is 24.3 Å². The van der Waals surface area contributed by atoms with Gasteiger partial charge in [0.1, 0.15) is 23.3 Å². The minimum atomic E-state index is -1.00. The number of aryl methyl sites for hydroxylation is 1. The summed E-state index contributed by atoms with van der Waals surface area (Å²) in [7, 11) is 3.30. The van der Waals surface area contributed by atoms with Crippen molar-refractivity contribution in [3.8, 4) is 0 Å². The Kier molecular flexibility index (Phi) is 5.51. The number of amides is 1. The standard InChI is InChI=1S/C20H20N6O4S/c1-12(19(28)24(2)9-16-23-14-6-4-5-7-15(14)31-16)30-17(27)10-26-11-21-18-13(20(26)29)8-22-25(18)3/h4-8,11-12H,9-10H2,1-3H3. The number of rotatable bonds is 6. The monoisotopic (exact) mass is 440 g/mol. The summed E-state index contributed by atoms with van der Waals surface area (Å²) in [6.07, 6.45) is 1.66. The number of likely N-dealkylation sites (N-methyl/N-ethyl adjacent to an activating group) is 1. The fraction of sp³-hybridized carbons (Fsp3) is 0.300. The number of carbonyl (C=O) groups excluding carboxylic acids is 2. The van der Waals surface area contributed by atoms with Gasteiger partial charge in [0, 0.05) is 14.1 Å². The van der Waals surface area contributed by atoms with Crippen molar-refractivity contribution in [2.45, 2.75) is 26.1 Å². The molecule has 0 aliphatic heterocycles. The SMILES string of the molecule is CC(OC(=O)Cn1cnc2c(cnn2C)c1=O)C(=O)N(C)Cc1nc2ccccc2s1. The predicted molar refractivity (Wildman–Crippen MR) is 114 cm³/mol. The van der Waals surface area contributed by atoms with Crippen LogP contribution in [0, 0.1) is 0 Å². The number of fused-ring (bicyclic) bond motifs is 2. The first-order valence-electron chi connectivity index (χ1n) is 9.49. The van der Waals surface area contributed by atoms with Gasteiger partial charge in [-0.2, -0.15) is 5.10 Å². The van der Waals surface area contributed by atoms with Gasteiger partial charge in [-0.3, -0.25) is 23.6 Å². The molecule has 3 aromatic heterocycles. The van der Waals surface area contributed by atoms with Crippen LogP contribution < -0.4 is 5.56 Å². The summed E-state index contributed by atoms with van der Waals surface area (Å²) in [4.78, 5) is 47.5. The lowest BCUT2D eigenvalue weighted by molar-refractivity contribution is -0.159. The molecule has 160 valence electrons. The number of esters is 1. The van der Waals surface area contributed by atoms with Gasteiger partial charge in [0.05, 0.1) is 23.0 Å². The van der Waals surface area contributed by atoms with E-state index in [0.717, 1.165) is 19.8 Å². The molecule has 1 aromatic carbocycles. The van der Waals surface area contributed by atoms with Crippen LogP contribution in [0.3, 0.4) is 0 Å². The molecule has 31 heavy (non-hydrogen) atoms. The van der Waals surface area contributed by atoms with Crippen molar-refractivity contribution in [2.75, 3.05) is 7.05 Å². The highest BCUT2D eigenvalue weighted by molar-refractivity contribution is 7.18. The van der Waals surface area contributed by atoms with E-state index in [-0.39, 0.29) is 12.5 Å². The number of para-hydroxylation sites is 1. The van der Waals surface area contributed by atoms with Crippen LogP contribution in [0.25, 0.3) is 21.3 Å². The molecule has 0 aliphatic carbocycles. The van der Waals surface area contributed by atoms with Crippen molar-refractivity contribution in [1.82, 2.24) is 29.2 Å². The third-order valence-corrected chi connectivity index (χ3v) is 5.78. The maximum atomic E-state index is 12.6. The minimum Gasteiger partial charge on any atom is -0.451 e. The van der Waals surface area contributed by atoms with E-state index in [9.17, 15) is 14.4 Å². The predicted octanol–water partition coefficient (Wildman–Crippen LogP) is 1.33. The maximum absolute atomic E-state index is 12.6. The first-order chi connectivity index (χ1) is 14.8. The quantitative estimate of drug-likeness (QED) is 0.416. The number of hydrogen-bond donors (Lipinski definition) is 0. The minimum absolute atomic E-state index is 0.303. The van der Waals surface area contributed by atoms with Gasteiger partial charge in [-0.15, -0.1) is 11.3 Å². The van der Waals surface area contributed by atoms with E-state index in [1.165, 1.54) is 40.4 Å². The molecule has 0 radical (unpaired) electrons. The van der Waals surface area contributed by atoms with Crippen molar-refractivity contribution in [1.29, 1.82) is 0 Å². The van der Waals surface area contributed by atoms with Gasteiger partial charge in [0.2, 0.25) is 0 Å². The molecular weight excluding hydrogens is 420 g/mol. The van der Waals surface area contributed by atoms with Crippen LogP contribution >= 0.6 is 11.3 Å². The molecule has 0 aliphatic rings. The number of benzene rings is 1. The Morgan fingerprint density at radius 3 is 2.84 bits per heavy atom. The molecule has 1 unspecified atom stereocenters. The smallest absolute Gasteiger partial charge is 0.326 e. The summed E-state index contributed by atoms with van der Waals surface area (Å²) < 4.78 is 8.90. The van der Waals surface area contributed by atoms with Gasteiger partial charge in [-0.1, -0.05) is 12.1 Å². The van der Waals surface area contributed by atoms with Crippen molar-refractivity contribution in [2.24, 2.45) is 7.05 Å². The van der Waals surface area contributed by atoms with Crippen LogP contribution in [0.4, 0.5) is 0 Å². The summed E-state index contributed by atoms with van der Waals surface area (Å²) >= 11 is 1.51. The van der Waals surface area contributed by atoms with E-state index < -0.39 is 17.6 Å². The van der Waals surface area contributed by atoms with E-state index in [0.29, 0.717) is 17.6 Å². The highest BCUT2D eigenvalue weighted by Gasteiger charge is 2.23. The third-order valence-electron chi connectivity index (χ3n) is 4.76. The Bertz CT molecular complexity index is 1310. The highest BCUT2D eigenvalue weighted by Crippen LogP contribution is 2.22. The Hall–Kier alpha value is -3.60. The fourth-order valence-electron chi connectivity index (χ4n) is 3.18. The second-order valence-electron chi connectivity index (χ2n) is 7.08. The Morgan fingerprint density at radius 2 is 2.06 bits per heavy atom. The Labute approximate surface area is 180 Å². The molecule has 0 saturated carbocycles. The van der Waals surface area contributed by atoms with Crippen molar-refractivity contribution < 1.29 is 14.3 Å². The molecule has 10 nitrogen and oxygen atoms in total. The third kappa shape index (κ3) is 4.17. The summed E-state index contributed by atoms with van der Waals surface area (Å²) in [5.41, 5.74) is 0.907. The molecular formula is C20H20N6O4S. The fourth-order valence-corrected chi connectivity index (χ4v) is 4.20. The van der Waals surface area contributed by atoms with Crippen molar-refractivity contribution in [3.63, 3.8) is 0 Å². The topological polar surface area (TPSA) is 112 Å². The molecule has 4 aromatic rings. The van der Waals surface area contributed by atoms with Gasteiger partial charge in [0.25, 0.3) is 11.5 Å². The second kappa shape index (κ2) is 8.26. The normalized spacial score (nSPS) is 12.2. The number of ether oxygens (including phenoxy) is 1. The first-order valence-corrected chi connectivity index (χ1v) is 10.3. The molecule has 11 heteroatoms. The highest BCUT2D eigenvalue weighted by atomic mass is 32.1. The van der Waals surface area contributed by atoms with Crippen LogP contribution in [0.1, 0.15) is 11.9 Å². The summed E-state index contributed by atoms with van der Waals surface area (Å²) in [5, 5.41) is 5.08. The summed E-state index contributed by atoms with van der Waals surface area (Å²) in [5.74, 6) is -1.07. The molecule has 1 amide bonds. The number of aromatic nitrogens is 5. The summed E-state index contributed by atoms with van der Waals surface area (Å²) in [6.45, 7) is 1.46. The van der Waals surface area contributed by atoms with Crippen LogP contribution in [0.15, 0.2) is 41.6 Å². The molecule has 3 heterocycles. The van der Waals surface area contributed by atoms with Gasteiger partial charge in [-0.05, 0) is 19.1 Å². The summed E-state index contributed by atoms with van der Waals surface area (Å²) in [6, 6.07) is 7.74. The van der Waals surface area contributed by atoms with E-state index >= 15 is 0 Å². The average Bonchev–Trinajstić information content (AvgIpc) is 3.32. The van der Waals surface area contributed by atoms with Crippen LogP contribution in [0.5, 0.6) is 0 Å². The van der Waals surface area contributed by atoms with Crippen molar-refractivity contribution in [3.05, 3.63) is 52.2 Å². The lowest BCUT2D eigenvalue weighted by Gasteiger charge is -2.20. The molecule has 4 rings (SSSR count). The molecule has 0 saturated heterocycles. The van der Waals surface area contributed by atoms with Crippen molar-refractivity contribution >= 4 is 44.5 Å². The lowest BCUT2D eigenvalue weighted by Crippen LogP contribution is -2.38. The van der Waals surface area contributed by atoms with Crippen LogP contribution in [-0.4, -0.2) is 54.2 Å². The Morgan fingerprint density at radius 1 is 1.29 bits per heavy atom. The molecule has 0 spiro atoms. The van der Waals surface area contributed by atoms with E-state index in [2.05, 4.69) is 15.1 Å². The average molecular weight is 440 g/mol. The largest absolute Gasteiger partial charge is 0.451 e. The molecule has 0 bridgehead atoms. The first kappa shape index (κ1) is 20.7. The van der Waals surface area contributed by atoms with Crippen LogP contribution in [0.2, 0.25) is 0 Å². The van der Waals surface area contributed by atoms with Gasteiger partial charge in [-0.25, -0.2) is 9.97 Å². The van der Waals surface area contributed by atoms with Gasteiger partial charge < -0.3 is 9.64 Å². The zero-order valence-electron chi connectivity index (χ0n) is 17.2. The Balaban J connectivity index is 1.38. The zero-order chi connectivity index (χ0) is 22.1. The number of carbonyl (C=O) groups is 2. The molecule has 0 fully saturated rings. The number of nitrogens with zero attached hydrogens (tertiary/aromatic N) is 6. The van der Waals surface area contributed by atoms with E-state index in [4.69, 9.17) is 4.74 Å². The number of hydrogen-bond acceptors (Lipinski definition) is 8. The van der Waals surface area contributed by atoms with Gasteiger partial charge >= 0.3 is 5.97 Å². The van der Waals surface area contributed by atoms with E-state index in [1.54, 1.807) is 14.1 Å². The lowest BCUT2D eigenvalue weighted by atomic mass is 10.3. The second-order valence-corrected chi connectivity index (χ2v) is 8.20. The molecule has 0 N–H and O–H groups in total. The maximum Gasteiger partial charge on any atom is 0.326 e.